The number of hydrogen-bond donors (Lipinski definition) is 0. The standard InChI is InChI=1S/C15H15NO4/c1-2-10-19-15(18)11-20-13-7-5-12(6-8-13)16-9-3-4-14(16)17/h1,5-8H,3-4,9-11H2. The predicted octanol–water partition coefficient (Wildman–Crippen LogP) is 1.37. The van der Waals surface area contributed by atoms with E-state index in [1.807, 2.05) is 0 Å². The lowest BCUT2D eigenvalue weighted by molar-refractivity contribution is -0.144. The van der Waals surface area contributed by atoms with Crippen molar-refractivity contribution in [3.8, 4) is 18.1 Å². The van der Waals surface area contributed by atoms with Crippen molar-refractivity contribution in [1.29, 1.82) is 0 Å². The summed E-state index contributed by atoms with van der Waals surface area (Å²) in [6, 6.07) is 7.03. The number of carbonyl (C=O) groups is 2. The third-order valence-corrected chi connectivity index (χ3v) is 2.89. The molecule has 1 heterocycles. The van der Waals surface area contributed by atoms with Gasteiger partial charge < -0.3 is 14.4 Å². The summed E-state index contributed by atoms with van der Waals surface area (Å²) >= 11 is 0. The van der Waals surface area contributed by atoms with Crippen LogP contribution in [-0.4, -0.2) is 31.6 Å². The number of terminal acetylenes is 1. The molecule has 0 bridgehead atoms. The molecule has 0 aliphatic carbocycles. The number of anilines is 1. The number of carbonyl (C=O) groups excluding carboxylic acids is 2. The second-order valence-corrected chi connectivity index (χ2v) is 4.30. The molecule has 1 aromatic carbocycles. The van der Waals surface area contributed by atoms with Crippen LogP contribution in [0.15, 0.2) is 24.3 Å². The number of benzene rings is 1. The Bertz CT molecular complexity index is 530. The second kappa shape index (κ2) is 6.62. The molecule has 0 radical (unpaired) electrons. The van der Waals surface area contributed by atoms with E-state index >= 15 is 0 Å². The van der Waals surface area contributed by atoms with Crippen molar-refractivity contribution in [3.63, 3.8) is 0 Å². The Hall–Kier alpha value is -2.48. The van der Waals surface area contributed by atoms with E-state index in [0.717, 1.165) is 18.7 Å². The maximum Gasteiger partial charge on any atom is 0.345 e. The largest absolute Gasteiger partial charge is 0.482 e. The summed E-state index contributed by atoms with van der Waals surface area (Å²) in [4.78, 5) is 24.5. The van der Waals surface area contributed by atoms with Crippen LogP contribution in [0.2, 0.25) is 0 Å². The van der Waals surface area contributed by atoms with Gasteiger partial charge in [0.2, 0.25) is 5.91 Å². The summed E-state index contributed by atoms with van der Waals surface area (Å²) in [5, 5.41) is 0. The summed E-state index contributed by atoms with van der Waals surface area (Å²) in [5.41, 5.74) is 0.842. The number of ether oxygens (including phenoxy) is 2. The van der Waals surface area contributed by atoms with Gasteiger partial charge in [0.05, 0.1) is 0 Å². The fourth-order valence-electron chi connectivity index (χ4n) is 1.95. The Balaban J connectivity index is 1.87. The molecule has 104 valence electrons. The van der Waals surface area contributed by atoms with Gasteiger partial charge in [-0.05, 0) is 30.7 Å². The van der Waals surface area contributed by atoms with E-state index in [0.29, 0.717) is 12.2 Å². The average Bonchev–Trinajstić information content (AvgIpc) is 2.89. The van der Waals surface area contributed by atoms with E-state index in [4.69, 9.17) is 11.2 Å². The Morgan fingerprint density at radius 2 is 2.10 bits per heavy atom. The molecule has 0 unspecified atom stereocenters. The van der Waals surface area contributed by atoms with Crippen LogP contribution in [0, 0.1) is 12.3 Å². The molecule has 0 spiro atoms. The van der Waals surface area contributed by atoms with Crippen molar-refractivity contribution < 1.29 is 19.1 Å². The smallest absolute Gasteiger partial charge is 0.345 e. The maximum absolute atomic E-state index is 11.6. The zero-order chi connectivity index (χ0) is 14.4. The summed E-state index contributed by atoms with van der Waals surface area (Å²) in [6.07, 6.45) is 6.45. The lowest BCUT2D eigenvalue weighted by Gasteiger charge is -2.15. The van der Waals surface area contributed by atoms with E-state index in [9.17, 15) is 9.59 Å². The molecular formula is C15H15NO4. The molecule has 1 aliphatic heterocycles. The van der Waals surface area contributed by atoms with Gasteiger partial charge >= 0.3 is 5.97 Å². The fraction of sp³-hybridized carbons (Fsp3) is 0.333. The van der Waals surface area contributed by atoms with Gasteiger partial charge in [0, 0.05) is 18.7 Å². The van der Waals surface area contributed by atoms with Crippen molar-refractivity contribution in [2.24, 2.45) is 0 Å². The first kappa shape index (κ1) is 13.9. The first-order chi connectivity index (χ1) is 9.70. The molecule has 0 saturated carbocycles. The molecule has 1 aromatic rings. The van der Waals surface area contributed by atoms with E-state index < -0.39 is 5.97 Å². The summed E-state index contributed by atoms with van der Waals surface area (Å²) in [6.45, 7) is 0.499. The maximum atomic E-state index is 11.6. The van der Waals surface area contributed by atoms with Gasteiger partial charge in [-0.15, -0.1) is 6.42 Å². The molecule has 1 aliphatic rings. The van der Waals surface area contributed by atoms with E-state index in [1.54, 1.807) is 29.2 Å². The molecule has 1 amide bonds. The Labute approximate surface area is 117 Å². The molecule has 0 aromatic heterocycles. The highest BCUT2D eigenvalue weighted by Crippen LogP contribution is 2.23. The molecule has 20 heavy (non-hydrogen) atoms. The molecule has 5 nitrogen and oxygen atoms in total. The molecule has 0 atom stereocenters. The first-order valence-electron chi connectivity index (χ1n) is 6.33. The zero-order valence-electron chi connectivity index (χ0n) is 11.0. The van der Waals surface area contributed by atoms with Crippen molar-refractivity contribution in [3.05, 3.63) is 24.3 Å². The van der Waals surface area contributed by atoms with Gasteiger partial charge in [0.25, 0.3) is 0 Å². The SMILES string of the molecule is C#CCOC(=O)COc1ccc(N2CCCC2=O)cc1. The zero-order valence-corrected chi connectivity index (χ0v) is 11.0. The number of esters is 1. The van der Waals surface area contributed by atoms with Crippen LogP contribution in [-0.2, 0) is 14.3 Å². The van der Waals surface area contributed by atoms with Crippen LogP contribution in [0.1, 0.15) is 12.8 Å². The Kier molecular flexibility index (Phi) is 4.61. The van der Waals surface area contributed by atoms with Crippen molar-refractivity contribution >= 4 is 17.6 Å². The normalized spacial score (nSPS) is 13.9. The van der Waals surface area contributed by atoms with Crippen molar-refractivity contribution in [1.82, 2.24) is 0 Å². The first-order valence-corrected chi connectivity index (χ1v) is 6.33. The van der Waals surface area contributed by atoms with Crippen LogP contribution in [0.4, 0.5) is 5.69 Å². The van der Waals surface area contributed by atoms with E-state index in [2.05, 4.69) is 10.7 Å². The van der Waals surface area contributed by atoms with Crippen molar-refractivity contribution in [2.45, 2.75) is 12.8 Å². The third-order valence-electron chi connectivity index (χ3n) is 2.89. The second-order valence-electron chi connectivity index (χ2n) is 4.30. The topological polar surface area (TPSA) is 55.8 Å². The minimum absolute atomic E-state index is 0.0573. The lowest BCUT2D eigenvalue weighted by atomic mass is 10.3. The van der Waals surface area contributed by atoms with Gasteiger partial charge in [-0.3, -0.25) is 4.79 Å². The Morgan fingerprint density at radius 1 is 1.35 bits per heavy atom. The molecule has 0 N–H and O–H groups in total. The van der Waals surface area contributed by atoms with Crippen LogP contribution in [0.25, 0.3) is 0 Å². The number of amides is 1. The number of hydrogen-bond acceptors (Lipinski definition) is 4. The summed E-state index contributed by atoms with van der Waals surface area (Å²) < 4.78 is 9.94. The molecule has 5 heteroatoms. The van der Waals surface area contributed by atoms with Crippen LogP contribution >= 0.6 is 0 Å². The van der Waals surface area contributed by atoms with Gasteiger partial charge in [0.15, 0.2) is 13.2 Å². The highest BCUT2D eigenvalue weighted by Gasteiger charge is 2.21. The summed E-state index contributed by atoms with van der Waals surface area (Å²) in [7, 11) is 0. The van der Waals surface area contributed by atoms with Crippen LogP contribution in [0.5, 0.6) is 5.75 Å². The molecule has 1 fully saturated rings. The highest BCUT2D eigenvalue weighted by molar-refractivity contribution is 5.95. The van der Waals surface area contributed by atoms with Gasteiger partial charge in [-0.2, -0.15) is 0 Å². The lowest BCUT2D eigenvalue weighted by Crippen LogP contribution is -2.23. The minimum atomic E-state index is -0.512. The highest BCUT2D eigenvalue weighted by atomic mass is 16.6. The molecule has 1 saturated heterocycles. The monoisotopic (exact) mass is 273 g/mol. The summed E-state index contributed by atoms with van der Waals surface area (Å²) in [5.74, 6) is 2.37. The average molecular weight is 273 g/mol. The van der Waals surface area contributed by atoms with Gasteiger partial charge in [-0.1, -0.05) is 5.92 Å². The Morgan fingerprint density at radius 3 is 2.70 bits per heavy atom. The van der Waals surface area contributed by atoms with Gasteiger partial charge in [-0.25, -0.2) is 4.79 Å². The van der Waals surface area contributed by atoms with E-state index in [1.165, 1.54) is 0 Å². The van der Waals surface area contributed by atoms with E-state index in [-0.39, 0.29) is 19.1 Å². The van der Waals surface area contributed by atoms with Crippen molar-refractivity contribution in [2.75, 3.05) is 24.7 Å². The van der Waals surface area contributed by atoms with Crippen LogP contribution in [0.3, 0.4) is 0 Å². The number of nitrogens with zero attached hydrogens (tertiary/aromatic N) is 1. The van der Waals surface area contributed by atoms with Gasteiger partial charge in [0.1, 0.15) is 5.75 Å². The predicted molar refractivity (Wildman–Crippen MR) is 73.3 cm³/mol. The minimum Gasteiger partial charge on any atom is -0.482 e. The quantitative estimate of drug-likeness (QED) is 0.600. The third kappa shape index (κ3) is 3.51. The molecular weight excluding hydrogens is 258 g/mol. The molecule has 2 rings (SSSR count). The van der Waals surface area contributed by atoms with Crippen LogP contribution < -0.4 is 9.64 Å². The fourth-order valence-corrected chi connectivity index (χ4v) is 1.95. The number of rotatable bonds is 5.